The normalized spacial score (nSPS) is 10.9. The summed E-state index contributed by atoms with van der Waals surface area (Å²) in [7, 11) is 2.14. The third-order valence-corrected chi connectivity index (χ3v) is 3.84. The van der Waals surface area contributed by atoms with Gasteiger partial charge in [0.2, 0.25) is 0 Å². The van der Waals surface area contributed by atoms with E-state index in [4.69, 9.17) is 0 Å². The summed E-state index contributed by atoms with van der Waals surface area (Å²) in [4.78, 5) is 6.70. The fourth-order valence-corrected chi connectivity index (χ4v) is 2.64. The number of hydrogen-bond acceptors (Lipinski definition) is 2. The van der Waals surface area contributed by atoms with Crippen molar-refractivity contribution in [1.82, 2.24) is 9.88 Å². The summed E-state index contributed by atoms with van der Waals surface area (Å²) in [5.74, 6) is 0. The second-order valence-electron chi connectivity index (χ2n) is 5.90. The van der Waals surface area contributed by atoms with Crippen molar-refractivity contribution in [1.29, 1.82) is 0 Å². The van der Waals surface area contributed by atoms with E-state index in [1.54, 1.807) is 0 Å². The topological polar surface area (TPSA) is 16.1 Å². The molecule has 3 aromatic rings. The van der Waals surface area contributed by atoms with E-state index in [0.29, 0.717) is 0 Å². The Hall–Kier alpha value is -2.45. The fraction of sp³-hybridized carbons (Fsp3) is 0.143. The lowest BCUT2D eigenvalue weighted by atomic mass is 10.1. The summed E-state index contributed by atoms with van der Waals surface area (Å²) in [5, 5.41) is 0. The quantitative estimate of drug-likeness (QED) is 0.686. The van der Waals surface area contributed by atoms with E-state index in [1.807, 2.05) is 24.4 Å². The first-order chi connectivity index (χ1) is 11.2. The summed E-state index contributed by atoms with van der Waals surface area (Å²) in [6, 6.07) is 23.0. The molecule has 0 amide bonds. The molecule has 2 heteroatoms. The van der Waals surface area contributed by atoms with E-state index in [9.17, 15) is 0 Å². The highest BCUT2D eigenvalue weighted by Crippen LogP contribution is 2.18. The van der Waals surface area contributed by atoms with Gasteiger partial charge in [0.1, 0.15) is 0 Å². The molecule has 0 saturated carbocycles. The van der Waals surface area contributed by atoms with Crippen LogP contribution in [0.4, 0.5) is 0 Å². The molecule has 115 valence electrons. The minimum absolute atomic E-state index is 0.925. The first-order valence-electron chi connectivity index (χ1n) is 7.80. The molecule has 0 atom stereocenters. The summed E-state index contributed by atoms with van der Waals surface area (Å²) in [5.41, 5.74) is 5.84. The van der Waals surface area contributed by atoms with E-state index >= 15 is 0 Å². The van der Waals surface area contributed by atoms with E-state index in [1.165, 1.54) is 11.1 Å². The molecule has 2 nitrogen and oxygen atoms in total. The Morgan fingerprint density at radius 3 is 2.00 bits per heavy atom. The number of rotatable bonds is 5. The Bertz CT molecular complexity index is 731. The summed E-state index contributed by atoms with van der Waals surface area (Å²) in [6.07, 6.45) is 1.83. The average Bonchev–Trinajstić information content (AvgIpc) is 2.58. The maximum atomic E-state index is 4.39. The van der Waals surface area contributed by atoms with Crippen molar-refractivity contribution >= 4 is 0 Å². The molecule has 1 radical (unpaired) electrons. The number of pyridine rings is 1. The Labute approximate surface area is 138 Å². The third kappa shape index (κ3) is 4.27. The molecule has 0 aliphatic carbocycles. The molecule has 0 aliphatic rings. The van der Waals surface area contributed by atoms with Crippen LogP contribution >= 0.6 is 0 Å². The van der Waals surface area contributed by atoms with Crippen LogP contribution in [0.2, 0.25) is 0 Å². The van der Waals surface area contributed by atoms with E-state index in [0.717, 1.165) is 29.9 Å². The lowest BCUT2D eigenvalue weighted by molar-refractivity contribution is 0.319. The van der Waals surface area contributed by atoms with Gasteiger partial charge in [-0.1, -0.05) is 54.6 Å². The predicted molar refractivity (Wildman–Crippen MR) is 95.7 cm³/mol. The van der Waals surface area contributed by atoms with Crippen LogP contribution in [0, 0.1) is 6.92 Å². The van der Waals surface area contributed by atoms with Crippen LogP contribution in [0.15, 0.2) is 72.9 Å². The Morgan fingerprint density at radius 1 is 0.826 bits per heavy atom. The van der Waals surface area contributed by atoms with Crippen LogP contribution in [-0.4, -0.2) is 16.9 Å². The van der Waals surface area contributed by atoms with E-state index in [2.05, 4.69) is 72.4 Å². The lowest BCUT2D eigenvalue weighted by Crippen LogP contribution is -2.17. The standard InChI is InChI=1S/C21H21N2/c1-17-6-8-18(9-7-17)15-23(2)16-19-10-12-20(13-11-19)21-5-3-4-14-22-21/h3-14H,1,15-16H2,2H3. The largest absolute Gasteiger partial charge is 0.298 e. The summed E-state index contributed by atoms with van der Waals surface area (Å²) >= 11 is 0. The molecular weight excluding hydrogens is 280 g/mol. The van der Waals surface area contributed by atoms with Gasteiger partial charge in [0.25, 0.3) is 0 Å². The summed E-state index contributed by atoms with van der Waals surface area (Å²) in [6.45, 7) is 5.78. The van der Waals surface area contributed by atoms with Gasteiger partial charge in [-0.3, -0.25) is 9.88 Å². The van der Waals surface area contributed by atoms with Gasteiger partial charge in [-0.05, 0) is 42.8 Å². The molecule has 2 aromatic carbocycles. The molecule has 1 aromatic heterocycles. The highest BCUT2D eigenvalue weighted by Gasteiger charge is 2.03. The maximum Gasteiger partial charge on any atom is 0.0701 e. The van der Waals surface area contributed by atoms with Crippen molar-refractivity contribution in [3.05, 3.63) is 96.5 Å². The van der Waals surface area contributed by atoms with Crippen LogP contribution in [0.1, 0.15) is 16.7 Å². The minimum Gasteiger partial charge on any atom is -0.298 e. The molecule has 0 aliphatic heterocycles. The van der Waals surface area contributed by atoms with Crippen molar-refractivity contribution in [3.63, 3.8) is 0 Å². The molecule has 0 fully saturated rings. The third-order valence-electron chi connectivity index (χ3n) is 3.84. The molecular formula is C21H21N2. The van der Waals surface area contributed by atoms with Crippen LogP contribution in [-0.2, 0) is 13.1 Å². The van der Waals surface area contributed by atoms with Gasteiger partial charge >= 0.3 is 0 Å². The average molecular weight is 301 g/mol. The molecule has 23 heavy (non-hydrogen) atoms. The maximum absolute atomic E-state index is 4.39. The molecule has 0 saturated heterocycles. The number of hydrogen-bond donors (Lipinski definition) is 0. The monoisotopic (exact) mass is 301 g/mol. The van der Waals surface area contributed by atoms with Gasteiger partial charge < -0.3 is 0 Å². The molecule has 3 rings (SSSR count). The molecule has 0 bridgehead atoms. The Morgan fingerprint density at radius 2 is 1.43 bits per heavy atom. The molecule has 0 unspecified atom stereocenters. The zero-order chi connectivity index (χ0) is 16.1. The summed E-state index contributed by atoms with van der Waals surface area (Å²) < 4.78 is 0. The second kappa shape index (κ2) is 7.21. The van der Waals surface area contributed by atoms with Crippen LogP contribution in [0.5, 0.6) is 0 Å². The lowest BCUT2D eigenvalue weighted by Gasteiger charge is -2.17. The van der Waals surface area contributed by atoms with Gasteiger partial charge in [-0.15, -0.1) is 0 Å². The van der Waals surface area contributed by atoms with E-state index < -0.39 is 0 Å². The Kier molecular flexibility index (Phi) is 4.84. The van der Waals surface area contributed by atoms with Gasteiger partial charge in [0, 0.05) is 24.8 Å². The number of aromatic nitrogens is 1. The number of benzene rings is 2. The van der Waals surface area contributed by atoms with Crippen molar-refractivity contribution in [2.45, 2.75) is 13.1 Å². The second-order valence-corrected chi connectivity index (χ2v) is 5.90. The van der Waals surface area contributed by atoms with Gasteiger partial charge in [0.15, 0.2) is 0 Å². The smallest absolute Gasteiger partial charge is 0.0701 e. The van der Waals surface area contributed by atoms with Crippen molar-refractivity contribution in [2.24, 2.45) is 0 Å². The van der Waals surface area contributed by atoms with Crippen LogP contribution in [0.25, 0.3) is 11.3 Å². The predicted octanol–water partition coefficient (Wildman–Crippen LogP) is 4.56. The van der Waals surface area contributed by atoms with Crippen molar-refractivity contribution in [3.8, 4) is 11.3 Å². The van der Waals surface area contributed by atoms with Crippen LogP contribution < -0.4 is 0 Å². The SMILES string of the molecule is [CH2]c1ccc(CN(C)Cc2ccc(-c3ccccn3)cc2)cc1. The van der Waals surface area contributed by atoms with Gasteiger partial charge in [-0.2, -0.15) is 0 Å². The van der Waals surface area contributed by atoms with Gasteiger partial charge in [0.05, 0.1) is 5.69 Å². The van der Waals surface area contributed by atoms with Gasteiger partial charge in [-0.25, -0.2) is 0 Å². The van der Waals surface area contributed by atoms with E-state index in [-0.39, 0.29) is 0 Å². The zero-order valence-electron chi connectivity index (χ0n) is 13.4. The number of nitrogens with zero attached hydrogens (tertiary/aromatic N) is 2. The Balaban J connectivity index is 1.62. The molecule has 1 heterocycles. The first-order valence-corrected chi connectivity index (χ1v) is 7.80. The van der Waals surface area contributed by atoms with Crippen LogP contribution in [0.3, 0.4) is 0 Å². The first kappa shape index (κ1) is 15.4. The molecule has 0 spiro atoms. The fourth-order valence-electron chi connectivity index (χ4n) is 2.64. The highest BCUT2D eigenvalue weighted by atomic mass is 15.1. The van der Waals surface area contributed by atoms with Crippen molar-refractivity contribution < 1.29 is 0 Å². The zero-order valence-corrected chi connectivity index (χ0v) is 13.4. The highest BCUT2D eigenvalue weighted by molar-refractivity contribution is 5.58. The minimum atomic E-state index is 0.925. The van der Waals surface area contributed by atoms with Crippen molar-refractivity contribution in [2.75, 3.05) is 7.05 Å². The molecule has 0 N–H and O–H groups in total.